The van der Waals surface area contributed by atoms with E-state index in [0.29, 0.717) is 5.56 Å². The van der Waals surface area contributed by atoms with Gasteiger partial charge >= 0.3 is 0 Å². The third-order valence-electron chi connectivity index (χ3n) is 4.73. The van der Waals surface area contributed by atoms with Gasteiger partial charge in [0, 0.05) is 31.4 Å². The van der Waals surface area contributed by atoms with Crippen LogP contribution in [0.2, 0.25) is 0 Å². The Bertz CT molecular complexity index is 1340. The summed E-state index contributed by atoms with van der Waals surface area (Å²) in [6.45, 7) is 1.71. The van der Waals surface area contributed by atoms with Crippen molar-refractivity contribution in [2.45, 2.75) is 23.3 Å². The van der Waals surface area contributed by atoms with Gasteiger partial charge in [0.25, 0.3) is 15.7 Å². The molecule has 0 radical (unpaired) electrons. The Morgan fingerprint density at radius 1 is 0.938 bits per heavy atom. The summed E-state index contributed by atoms with van der Waals surface area (Å²) in [6.07, 6.45) is 0. The largest absolute Gasteiger partial charge is 0.280 e. The van der Waals surface area contributed by atoms with Crippen molar-refractivity contribution in [3.63, 3.8) is 0 Å². The van der Waals surface area contributed by atoms with E-state index in [1.807, 2.05) is 30.3 Å². The lowest BCUT2D eigenvalue weighted by Crippen LogP contribution is -2.26. The van der Waals surface area contributed by atoms with E-state index in [4.69, 9.17) is 0 Å². The molecule has 9 nitrogen and oxygen atoms in total. The van der Waals surface area contributed by atoms with Crippen LogP contribution in [-0.4, -0.2) is 33.1 Å². The average Bonchev–Trinajstić information content (AvgIpc) is 2.74. The number of nitro groups is 1. The molecule has 0 saturated heterocycles. The van der Waals surface area contributed by atoms with Crippen LogP contribution in [0.1, 0.15) is 11.1 Å². The van der Waals surface area contributed by atoms with Gasteiger partial charge in [0.1, 0.15) is 0 Å². The summed E-state index contributed by atoms with van der Waals surface area (Å²) in [5, 5.41) is 11.0. The molecular weight excluding hydrogens is 454 g/mol. The second-order valence-electron chi connectivity index (χ2n) is 7.08. The number of sulfonamides is 2. The van der Waals surface area contributed by atoms with Crippen LogP contribution in [0.25, 0.3) is 0 Å². The average molecular weight is 476 g/mol. The molecule has 0 atom stereocenters. The number of hydrogen-bond acceptors (Lipinski definition) is 6. The molecule has 168 valence electrons. The number of nitrogens with one attached hydrogen (secondary N) is 1. The first kappa shape index (κ1) is 23.4. The van der Waals surface area contributed by atoms with Crippen molar-refractivity contribution in [3.05, 3.63) is 94.0 Å². The molecule has 0 aliphatic rings. The van der Waals surface area contributed by atoms with Gasteiger partial charge in [0.2, 0.25) is 10.0 Å². The van der Waals surface area contributed by atoms with Gasteiger partial charge < -0.3 is 0 Å². The van der Waals surface area contributed by atoms with E-state index in [9.17, 15) is 26.9 Å². The minimum absolute atomic E-state index is 0.00501. The van der Waals surface area contributed by atoms with Gasteiger partial charge in [-0.15, -0.1) is 0 Å². The summed E-state index contributed by atoms with van der Waals surface area (Å²) >= 11 is 0. The lowest BCUT2D eigenvalue weighted by atomic mass is 10.2. The highest BCUT2D eigenvalue weighted by Gasteiger charge is 2.23. The van der Waals surface area contributed by atoms with E-state index < -0.39 is 25.0 Å². The minimum atomic E-state index is -4.12. The molecule has 0 aromatic heterocycles. The number of benzene rings is 3. The maximum absolute atomic E-state index is 12.8. The fourth-order valence-electron chi connectivity index (χ4n) is 3.00. The lowest BCUT2D eigenvalue weighted by Gasteiger charge is -2.17. The molecule has 0 aliphatic heterocycles. The lowest BCUT2D eigenvalue weighted by molar-refractivity contribution is -0.385. The molecule has 32 heavy (non-hydrogen) atoms. The first-order valence-corrected chi connectivity index (χ1v) is 12.3. The summed E-state index contributed by atoms with van der Waals surface area (Å²) < 4.78 is 54.6. The molecule has 0 bridgehead atoms. The molecule has 1 N–H and O–H groups in total. The van der Waals surface area contributed by atoms with Gasteiger partial charge in [-0.2, -0.15) is 4.31 Å². The van der Waals surface area contributed by atoms with Crippen molar-refractivity contribution >= 4 is 31.4 Å². The van der Waals surface area contributed by atoms with Crippen LogP contribution in [0.5, 0.6) is 0 Å². The summed E-state index contributed by atoms with van der Waals surface area (Å²) in [7, 11) is -6.45. The Balaban J connectivity index is 1.81. The molecule has 0 saturated carbocycles. The summed E-state index contributed by atoms with van der Waals surface area (Å²) in [5.74, 6) is 0. The molecule has 3 rings (SSSR count). The fourth-order valence-corrected chi connectivity index (χ4v) is 5.49. The number of aryl methyl sites for hydroxylation is 1. The number of rotatable bonds is 8. The number of hydrogen-bond donors (Lipinski definition) is 1. The van der Waals surface area contributed by atoms with Gasteiger partial charge in [-0.3, -0.25) is 14.8 Å². The molecule has 0 aliphatic carbocycles. The molecule has 0 amide bonds. The van der Waals surface area contributed by atoms with Crippen LogP contribution in [0.4, 0.5) is 11.4 Å². The number of anilines is 1. The summed E-state index contributed by atoms with van der Waals surface area (Å²) in [6, 6.07) is 17.9. The highest BCUT2D eigenvalue weighted by atomic mass is 32.2. The van der Waals surface area contributed by atoms with Gasteiger partial charge in [-0.25, -0.2) is 16.8 Å². The minimum Gasteiger partial charge on any atom is -0.280 e. The Hall–Kier alpha value is -3.28. The maximum Gasteiger partial charge on any atom is 0.270 e. The first-order chi connectivity index (χ1) is 15.0. The van der Waals surface area contributed by atoms with Crippen molar-refractivity contribution in [2.24, 2.45) is 0 Å². The standard InChI is InChI=1S/C21H21N3O6S2/c1-16-8-11-19(24(25)26)14-21(16)31(27,28)22-18-9-12-20(13-10-18)32(29,30)23(2)15-17-6-4-3-5-7-17/h3-14,22H,15H2,1-2H3. The maximum atomic E-state index is 12.8. The molecule has 0 heterocycles. The van der Waals surface area contributed by atoms with E-state index in [1.165, 1.54) is 54.7 Å². The predicted molar refractivity (Wildman–Crippen MR) is 120 cm³/mol. The molecular formula is C21H21N3O6S2. The van der Waals surface area contributed by atoms with Gasteiger partial charge in [0.05, 0.1) is 14.7 Å². The zero-order valence-corrected chi connectivity index (χ0v) is 18.9. The first-order valence-electron chi connectivity index (χ1n) is 9.39. The zero-order chi connectivity index (χ0) is 23.5. The summed E-state index contributed by atoms with van der Waals surface area (Å²) in [4.78, 5) is 10.1. The third kappa shape index (κ3) is 5.13. The Labute approximate surface area is 186 Å². The second-order valence-corrected chi connectivity index (χ2v) is 10.8. The predicted octanol–water partition coefficient (Wildman–Crippen LogP) is 3.52. The van der Waals surface area contributed by atoms with Crippen LogP contribution in [-0.2, 0) is 26.6 Å². The van der Waals surface area contributed by atoms with E-state index >= 15 is 0 Å². The molecule has 0 spiro atoms. The topological polar surface area (TPSA) is 127 Å². The van der Waals surface area contributed by atoms with Crippen molar-refractivity contribution in [1.82, 2.24) is 4.31 Å². The van der Waals surface area contributed by atoms with E-state index in [1.54, 1.807) is 0 Å². The third-order valence-corrected chi connectivity index (χ3v) is 8.08. The zero-order valence-electron chi connectivity index (χ0n) is 17.3. The van der Waals surface area contributed by atoms with Crippen LogP contribution in [0.3, 0.4) is 0 Å². The Kier molecular flexibility index (Phi) is 6.63. The highest BCUT2D eigenvalue weighted by Crippen LogP contribution is 2.25. The van der Waals surface area contributed by atoms with Crippen molar-refractivity contribution < 1.29 is 21.8 Å². The van der Waals surface area contributed by atoms with Crippen LogP contribution in [0.15, 0.2) is 82.6 Å². The monoisotopic (exact) mass is 475 g/mol. The van der Waals surface area contributed by atoms with Gasteiger partial charge in [-0.05, 0) is 42.3 Å². The Morgan fingerprint density at radius 2 is 1.56 bits per heavy atom. The quantitative estimate of drug-likeness (QED) is 0.392. The normalized spacial score (nSPS) is 12.0. The fraction of sp³-hybridized carbons (Fsp3) is 0.143. The van der Waals surface area contributed by atoms with Crippen molar-refractivity contribution in [2.75, 3.05) is 11.8 Å². The SMILES string of the molecule is Cc1ccc([N+](=O)[O-])cc1S(=O)(=O)Nc1ccc(S(=O)(=O)N(C)Cc2ccccc2)cc1. The molecule has 3 aromatic rings. The number of nitrogens with zero attached hydrogens (tertiary/aromatic N) is 2. The van der Waals surface area contributed by atoms with E-state index in [-0.39, 0.29) is 27.7 Å². The van der Waals surface area contributed by atoms with Gasteiger partial charge in [0.15, 0.2) is 0 Å². The van der Waals surface area contributed by atoms with Crippen LogP contribution in [0, 0.1) is 17.0 Å². The smallest absolute Gasteiger partial charge is 0.270 e. The molecule has 11 heteroatoms. The van der Waals surface area contributed by atoms with Crippen LogP contribution >= 0.6 is 0 Å². The van der Waals surface area contributed by atoms with E-state index in [2.05, 4.69) is 4.72 Å². The molecule has 3 aromatic carbocycles. The Morgan fingerprint density at radius 3 is 2.16 bits per heavy atom. The van der Waals surface area contributed by atoms with Crippen molar-refractivity contribution in [1.29, 1.82) is 0 Å². The highest BCUT2D eigenvalue weighted by molar-refractivity contribution is 7.92. The molecule has 0 fully saturated rings. The number of nitro benzene ring substituents is 1. The van der Waals surface area contributed by atoms with Gasteiger partial charge in [-0.1, -0.05) is 36.4 Å². The number of non-ortho nitro benzene ring substituents is 1. The van der Waals surface area contributed by atoms with Crippen molar-refractivity contribution in [3.8, 4) is 0 Å². The molecule has 0 unspecified atom stereocenters. The summed E-state index contributed by atoms with van der Waals surface area (Å²) in [5.41, 5.74) is 0.944. The van der Waals surface area contributed by atoms with Crippen LogP contribution < -0.4 is 4.72 Å². The second kappa shape index (κ2) is 9.07. The van der Waals surface area contributed by atoms with E-state index in [0.717, 1.165) is 11.6 Å².